The number of aromatic hydroxyl groups is 1. The number of carbonyl (C=O) groups excluding carboxylic acids is 1. The first-order chi connectivity index (χ1) is 21.3. The zero-order chi connectivity index (χ0) is 30.5. The van der Waals surface area contributed by atoms with Crippen LogP contribution in [0.2, 0.25) is 0 Å². The molecule has 0 amide bonds. The van der Waals surface area contributed by atoms with Gasteiger partial charge in [-0.1, -0.05) is 24.3 Å². The molecule has 0 spiro atoms. The Hall–Kier alpha value is -4.02. The van der Waals surface area contributed by atoms with Gasteiger partial charge in [0, 0.05) is 43.4 Å². The van der Waals surface area contributed by atoms with Crippen LogP contribution >= 0.6 is 11.3 Å². The summed E-state index contributed by atoms with van der Waals surface area (Å²) in [6, 6.07) is 12.4. The van der Waals surface area contributed by atoms with Gasteiger partial charge in [0.25, 0.3) is 0 Å². The van der Waals surface area contributed by atoms with Gasteiger partial charge in [-0.3, -0.25) is 9.69 Å². The average Bonchev–Trinajstić information content (AvgIpc) is 3.67. The molecule has 228 valence electrons. The van der Waals surface area contributed by atoms with Gasteiger partial charge in [0.15, 0.2) is 0 Å². The predicted octanol–water partition coefficient (Wildman–Crippen LogP) is 6.34. The number of carbonyl (C=O) groups is 1. The van der Waals surface area contributed by atoms with E-state index < -0.39 is 0 Å². The molecule has 44 heavy (non-hydrogen) atoms. The largest absolute Gasteiger partial charge is 0.493 e. The van der Waals surface area contributed by atoms with Crippen LogP contribution in [-0.4, -0.2) is 55.7 Å². The Morgan fingerprint density at radius 1 is 1.23 bits per heavy atom. The maximum atomic E-state index is 12.9. The molecule has 0 saturated heterocycles. The number of pyridine rings is 1. The zero-order valence-corrected chi connectivity index (χ0v) is 26.4. The summed E-state index contributed by atoms with van der Waals surface area (Å²) in [7, 11) is 3.41. The molecule has 1 N–H and O–H groups in total. The Kier molecular flexibility index (Phi) is 7.50. The highest BCUT2D eigenvalue weighted by Gasteiger charge is 2.32. The van der Waals surface area contributed by atoms with Gasteiger partial charge in [-0.15, -0.1) is 16.4 Å². The smallest absolute Gasteiger partial charge is 0.306 e. The van der Waals surface area contributed by atoms with Gasteiger partial charge in [-0.2, -0.15) is 0 Å². The number of ether oxygens (including phenoxy) is 2. The van der Waals surface area contributed by atoms with Crippen molar-refractivity contribution in [1.82, 2.24) is 24.9 Å². The maximum absolute atomic E-state index is 12.9. The van der Waals surface area contributed by atoms with Crippen LogP contribution in [0.4, 0.5) is 0 Å². The van der Waals surface area contributed by atoms with Crippen molar-refractivity contribution in [3.8, 4) is 11.6 Å². The first-order valence-electron chi connectivity index (χ1n) is 15.3. The van der Waals surface area contributed by atoms with Crippen molar-refractivity contribution in [3.05, 3.63) is 75.3 Å². The second kappa shape index (κ2) is 11.5. The first-order valence-corrected chi connectivity index (χ1v) is 16.2. The number of fused-ring (bicyclic) bond motifs is 3. The van der Waals surface area contributed by atoms with Crippen molar-refractivity contribution in [2.75, 3.05) is 13.7 Å². The highest BCUT2D eigenvalue weighted by atomic mass is 32.1. The normalized spacial score (nSPS) is 17.8. The lowest BCUT2D eigenvalue weighted by Gasteiger charge is -2.25. The quantitative estimate of drug-likeness (QED) is 0.203. The van der Waals surface area contributed by atoms with E-state index in [0.29, 0.717) is 19.0 Å². The Bertz CT molecular complexity index is 1880. The van der Waals surface area contributed by atoms with Gasteiger partial charge in [0.05, 0.1) is 19.0 Å². The number of hydrogen-bond donors (Lipinski definition) is 1. The number of thiophene rings is 1. The van der Waals surface area contributed by atoms with Crippen molar-refractivity contribution < 1.29 is 19.4 Å². The molecular weight excluding hydrogens is 574 g/mol. The minimum absolute atomic E-state index is 0.00319. The van der Waals surface area contributed by atoms with Crippen LogP contribution in [0.15, 0.2) is 41.8 Å². The second-order valence-electron chi connectivity index (χ2n) is 12.1. The van der Waals surface area contributed by atoms with Gasteiger partial charge >= 0.3 is 5.97 Å². The summed E-state index contributed by atoms with van der Waals surface area (Å²) in [5, 5.41) is 22.3. The van der Waals surface area contributed by atoms with Crippen molar-refractivity contribution in [3.63, 3.8) is 0 Å². The summed E-state index contributed by atoms with van der Waals surface area (Å²) < 4.78 is 14.6. The van der Waals surface area contributed by atoms with Gasteiger partial charge in [0.1, 0.15) is 23.1 Å². The molecule has 10 heteroatoms. The number of benzene rings is 2. The molecular formula is C34H37N5O4S. The van der Waals surface area contributed by atoms with E-state index in [1.165, 1.54) is 22.9 Å². The van der Waals surface area contributed by atoms with E-state index in [9.17, 15) is 9.90 Å². The summed E-state index contributed by atoms with van der Waals surface area (Å²) in [5.74, 6) is 0.773. The van der Waals surface area contributed by atoms with Crippen LogP contribution in [0.3, 0.4) is 0 Å². The van der Waals surface area contributed by atoms with E-state index in [0.717, 1.165) is 70.4 Å². The van der Waals surface area contributed by atoms with E-state index in [-0.39, 0.29) is 30.3 Å². The fourth-order valence-electron chi connectivity index (χ4n) is 6.69. The average molecular weight is 612 g/mol. The minimum Gasteiger partial charge on any atom is -0.493 e. The number of aryl methyl sites for hydroxylation is 2. The van der Waals surface area contributed by atoms with Crippen molar-refractivity contribution in [2.24, 2.45) is 7.05 Å². The summed E-state index contributed by atoms with van der Waals surface area (Å²) in [4.78, 5) is 19.7. The maximum Gasteiger partial charge on any atom is 0.306 e. The summed E-state index contributed by atoms with van der Waals surface area (Å²) in [6.45, 7) is 6.21. The molecule has 4 heterocycles. The van der Waals surface area contributed by atoms with Crippen molar-refractivity contribution >= 4 is 38.4 Å². The first kappa shape index (κ1) is 28.7. The molecule has 0 unspecified atom stereocenters. The molecule has 1 fully saturated rings. The standard InChI is InChI=1S/C34H37N5O4S/c1-5-24-17-39(18-28-29(43-24)8-9-30(40)35-28)16-23-13-22(12-21-10-11-44-34(21)23)26(15-31(41)42-4)25-14-27(20-6-7-20)33-32(19(25)2)36-37-38(33)3/h8-14,20,24,26H,5-7,15-18H2,1-4H3,(H,35,40)/t24-,26-/m1/s1. The van der Waals surface area contributed by atoms with Crippen LogP contribution < -0.4 is 4.74 Å². The number of esters is 1. The fourth-order valence-corrected chi connectivity index (χ4v) is 7.58. The number of nitrogens with zero attached hydrogens (tertiary/aromatic N) is 5. The molecule has 3 aromatic heterocycles. The Morgan fingerprint density at radius 2 is 2.07 bits per heavy atom. The van der Waals surface area contributed by atoms with Crippen LogP contribution in [0.5, 0.6) is 11.6 Å². The summed E-state index contributed by atoms with van der Waals surface area (Å²) in [5.41, 5.74) is 8.44. The fraction of sp³-hybridized carbons (Fsp3) is 0.412. The lowest BCUT2D eigenvalue weighted by molar-refractivity contribution is -0.140. The van der Waals surface area contributed by atoms with E-state index in [4.69, 9.17) is 9.47 Å². The third kappa shape index (κ3) is 5.30. The third-order valence-electron chi connectivity index (χ3n) is 9.14. The van der Waals surface area contributed by atoms with Gasteiger partial charge in [-0.05, 0) is 88.9 Å². The van der Waals surface area contributed by atoms with E-state index >= 15 is 0 Å². The molecule has 1 aliphatic carbocycles. The highest BCUT2D eigenvalue weighted by molar-refractivity contribution is 7.17. The van der Waals surface area contributed by atoms with E-state index in [2.05, 4.69) is 63.7 Å². The zero-order valence-electron chi connectivity index (χ0n) is 25.5. The number of methoxy groups -OCH3 is 1. The lowest BCUT2D eigenvalue weighted by Crippen LogP contribution is -2.32. The van der Waals surface area contributed by atoms with E-state index in [1.807, 2.05) is 17.8 Å². The van der Waals surface area contributed by atoms with Crippen molar-refractivity contribution in [1.29, 1.82) is 0 Å². The summed E-state index contributed by atoms with van der Waals surface area (Å²) >= 11 is 1.73. The molecule has 1 aliphatic heterocycles. The van der Waals surface area contributed by atoms with Crippen LogP contribution in [0, 0.1) is 6.92 Å². The topological polar surface area (TPSA) is 103 Å². The highest BCUT2D eigenvalue weighted by Crippen LogP contribution is 2.46. The summed E-state index contributed by atoms with van der Waals surface area (Å²) in [6.07, 6.45) is 3.42. The molecule has 0 radical (unpaired) electrons. The molecule has 5 aromatic rings. The third-order valence-corrected chi connectivity index (χ3v) is 10.1. The van der Waals surface area contributed by atoms with Crippen LogP contribution in [-0.2, 0) is 29.7 Å². The van der Waals surface area contributed by atoms with Crippen LogP contribution in [0.1, 0.15) is 78.0 Å². The Balaban J connectivity index is 1.33. The minimum atomic E-state index is -0.244. The number of rotatable bonds is 8. The molecule has 2 aliphatic rings. The molecule has 1 saturated carbocycles. The molecule has 0 bridgehead atoms. The van der Waals surface area contributed by atoms with Crippen LogP contribution in [0.25, 0.3) is 21.1 Å². The number of aromatic nitrogens is 4. The van der Waals surface area contributed by atoms with Gasteiger partial charge in [-0.25, -0.2) is 9.67 Å². The molecule has 2 aromatic carbocycles. The van der Waals surface area contributed by atoms with Gasteiger partial charge < -0.3 is 14.6 Å². The lowest BCUT2D eigenvalue weighted by atomic mass is 9.83. The SMILES string of the molecule is CC[C@@H]1CN(Cc2cc([C@@H](CC(=O)OC)c3cc(C4CC4)c4c(nnn4C)c3C)cc3ccsc23)Cc2nc(O)ccc2O1. The second-order valence-corrected chi connectivity index (χ2v) is 13.1. The predicted molar refractivity (Wildman–Crippen MR) is 170 cm³/mol. The van der Waals surface area contributed by atoms with E-state index in [1.54, 1.807) is 17.4 Å². The Morgan fingerprint density at radius 3 is 2.84 bits per heavy atom. The monoisotopic (exact) mass is 611 g/mol. The van der Waals surface area contributed by atoms with Crippen molar-refractivity contribution in [2.45, 2.75) is 70.6 Å². The van der Waals surface area contributed by atoms with Gasteiger partial charge in [0.2, 0.25) is 5.88 Å². The number of hydrogen-bond acceptors (Lipinski definition) is 9. The molecule has 2 atom stereocenters. The Labute approximate surface area is 260 Å². The molecule has 9 nitrogen and oxygen atoms in total. The molecule has 7 rings (SSSR count).